The van der Waals surface area contributed by atoms with Crippen LogP contribution in [0, 0.1) is 23.2 Å². The maximum atomic E-state index is 12.5. The van der Waals surface area contributed by atoms with Crippen molar-refractivity contribution in [3.05, 3.63) is 0 Å². The first-order valence-corrected chi connectivity index (χ1v) is 7.93. The van der Waals surface area contributed by atoms with Gasteiger partial charge in [-0.15, -0.1) is 0 Å². The van der Waals surface area contributed by atoms with Crippen LogP contribution in [0.15, 0.2) is 0 Å². The van der Waals surface area contributed by atoms with Crippen molar-refractivity contribution >= 4 is 12.4 Å². The SMILES string of the molecule is CC(O[C]=O)OCCOC(=O)C12CC3CC(CC(C3)C1)C2. The molecule has 0 saturated heterocycles. The van der Waals surface area contributed by atoms with Crippen LogP contribution in [-0.4, -0.2) is 31.9 Å². The van der Waals surface area contributed by atoms with E-state index in [1.165, 1.54) is 25.7 Å². The molecule has 4 rings (SSSR count). The maximum absolute atomic E-state index is 12.5. The van der Waals surface area contributed by atoms with Crippen LogP contribution in [0.3, 0.4) is 0 Å². The lowest BCUT2D eigenvalue weighted by Crippen LogP contribution is -2.50. The minimum atomic E-state index is -0.652. The average molecular weight is 295 g/mol. The molecule has 0 aromatic carbocycles. The van der Waals surface area contributed by atoms with Crippen molar-refractivity contribution in [2.45, 2.75) is 51.7 Å². The van der Waals surface area contributed by atoms with Gasteiger partial charge in [0.15, 0.2) is 0 Å². The van der Waals surface area contributed by atoms with Crippen LogP contribution in [0.4, 0.5) is 0 Å². The van der Waals surface area contributed by atoms with Gasteiger partial charge in [-0.25, -0.2) is 4.79 Å². The fraction of sp³-hybridized carbons (Fsp3) is 0.875. The van der Waals surface area contributed by atoms with E-state index in [1.54, 1.807) is 6.92 Å². The number of ether oxygens (including phenoxy) is 3. The van der Waals surface area contributed by atoms with Gasteiger partial charge in [0, 0.05) is 0 Å². The lowest BCUT2D eigenvalue weighted by molar-refractivity contribution is -0.175. The molecule has 0 amide bonds. The van der Waals surface area contributed by atoms with Gasteiger partial charge < -0.3 is 14.2 Å². The van der Waals surface area contributed by atoms with E-state index >= 15 is 0 Å². The number of rotatable bonds is 7. The van der Waals surface area contributed by atoms with Crippen molar-refractivity contribution in [1.29, 1.82) is 0 Å². The smallest absolute Gasteiger partial charge is 0.419 e. The van der Waals surface area contributed by atoms with E-state index in [0.717, 1.165) is 37.0 Å². The molecule has 4 aliphatic carbocycles. The van der Waals surface area contributed by atoms with Crippen LogP contribution in [0.5, 0.6) is 0 Å². The summed E-state index contributed by atoms with van der Waals surface area (Å²) in [6.07, 6.45) is 6.32. The molecule has 4 fully saturated rings. The van der Waals surface area contributed by atoms with Gasteiger partial charge in [-0.1, -0.05) is 0 Å². The second-order valence-electron chi connectivity index (χ2n) is 6.97. The third-order valence-corrected chi connectivity index (χ3v) is 5.35. The maximum Gasteiger partial charge on any atom is 0.419 e. The molecule has 0 spiro atoms. The van der Waals surface area contributed by atoms with Gasteiger partial charge in [0.25, 0.3) is 0 Å². The fourth-order valence-electron chi connectivity index (χ4n) is 4.96. The van der Waals surface area contributed by atoms with E-state index in [9.17, 15) is 9.59 Å². The van der Waals surface area contributed by atoms with E-state index in [2.05, 4.69) is 4.74 Å². The minimum absolute atomic E-state index is 0.0410. The van der Waals surface area contributed by atoms with Crippen LogP contribution in [0.2, 0.25) is 0 Å². The van der Waals surface area contributed by atoms with Gasteiger partial charge in [0.05, 0.1) is 12.0 Å². The Labute approximate surface area is 125 Å². The van der Waals surface area contributed by atoms with E-state index in [-0.39, 0.29) is 24.6 Å². The third kappa shape index (κ3) is 3.07. The molecule has 4 aliphatic rings. The summed E-state index contributed by atoms with van der Waals surface area (Å²) in [6, 6.07) is 0. The molecule has 0 N–H and O–H groups in total. The van der Waals surface area contributed by atoms with Crippen LogP contribution >= 0.6 is 0 Å². The molecular weight excluding hydrogens is 272 g/mol. The molecule has 1 unspecified atom stereocenters. The summed E-state index contributed by atoms with van der Waals surface area (Å²) in [6.45, 7) is 3.38. The summed E-state index contributed by atoms with van der Waals surface area (Å²) in [4.78, 5) is 22.5. The second kappa shape index (κ2) is 5.95. The highest BCUT2D eigenvalue weighted by Gasteiger charge is 2.55. The Bertz CT molecular complexity index is 370. The highest BCUT2D eigenvalue weighted by molar-refractivity contribution is 5.77. The van der Waals surface area contributed by atoms with Crippen molar-refractivity contribution in [2.75, 3.05) is 13.2 Å². The molecule has 5 nitrogen and oxygen atoms in total. The van der Waals surface area contributed by atoms with Gasteiger partial charge in [-0.05, 0) is 63.2 Å². The summed E-state index contributed by atoms with van der Waals surface area (Å²) in [5.74, 6) is 2.16. The zero-order chi connectivity index (χ0) is 14.9. The van der Waals surface area contributed by atoms with Gasteiger partial charge in [0.2, 0.25) is 6.29 Å². The lowest BCUT2D eigenvalue weighted by atomic mass is 9.49. The van der Waals surface area contributed by atoms with E-state index in [1.807, 2.05) is 0 Å². The predicted octanol–water partition coefficient (Wildman–Crippen LogP) is 2.19. The standard InChI is InChI=1S/C16H23O5/c1-11(21-10-17)19-2-3-20-15(18)16-7-12-4-13(8-16)6-14(5-12)9-16/h11-14H,2-9H2,1H3. The van der Waals surface area contributed by atoms with Crippen LogP contribution in [0.1, 0.15) is 45.4 Å². The zero-order valence-electron chi connectivity index (χ0n) is 12.5. The highest BCUT2D eigenvalue weighted by atomic mass is 16.7. The van der Waals surface area contributed by atoms with E-state index < -0.39 is 6.29 Å². The molecule has 21 heavy (non-hydrogen) atoms. The number of esters is 1. The number of hydrogen-bond donors (Lipinski definition) is 0. The van der Waals surface area contributed by atoms with Gasteiger partial charge in [-0.2, -0.15) is 0 Å². The Kier molecular flexibility index (Phi) is 4.20. The Hall–Kier alpha value is -1.10. The Morgan fingerprint density at radius 2 is 1.71 bits per heavy atom. The Balaban J connectivity index is 1.46. The molecule has 1 atom stereocenters. The van der Waals surface area contributed by atoms with E-state index in [0.29, 0.717) is 0 Å². The molecule has 117 valence electrons. The Morgan fingerprint density at radius 3 is 2.24 bits per heavy atom. The predicted molar refractivity (Wildman–Crippen MR) is 73.8 cm³/mol. The molecule has 5 heteroatoms. The molecule has 1 radical (unpaired) electrons. The van der Waals surface area contributed by atoms with Gasteiger partial charge >= 0.3 is 12.4 Å². The molecule has 0 heterocycles. The largest absolute Gasteiger partial charge is 0.463 e. The summed E-state index contributed by atoms with van der Waals surface area (Å²) >= 11 is 0. The molecule has 4 bridgehead atoms. The number of carbonyl (C=O) groups is 1. The van der Waals surface area contributed by atoms with Crippen molar-refractivity contribution in [3.8, 4) is 0 Å². The zero-order valence-corrected chi connectivity index (χ0v) is 12.5. The summed E-state index contributed by atoms with van der Waals surface area (Å²) in [5.41, 5.74) is -0.215. The summed E-state index contributed by atoms with van der Waals surface area (Å²) < 4.78 is 15.1. The van der Waals surface area contributed by atoms with E-state index in [4.69, 9.17) is 9.47 Å². The quantitative estimate of drug-likeness (QED) is 0.409. The fourth-order valence-corrected chi connectivity index (χ4v) is 4.96. The van der Waals surface area contributed by atoms with Crippen molar-refractivity contribution in [3.63, 3.8) is 0 Å². The van der Waals surface area contributed by atoms with Crippen LogP contribution in [-0.2, 0) is 23.8 Å². The van der Waals surface area contributed by atoms with Crippen LogP contribution < -0.4 is 0 Å². The minimum Gasteiger partial charge on any atom is -0.463 e. The normalized spacial score (nSPS) is 38.0. The first kappa shape index (κ1) is 14.8. The third-order valence-electron chi connectivity index (χ3n) is 5.35. The van der Waals surface area contributed by atoms with Crippen molar-refractivity contribution < 1.29 is 23.8 Å². The monoisotopic (exact) mass is 295 g/mol. The summed E-state index contributed by atoms with van der Waals surface area (Å²) in [7, 11) is 0. The molecule has 4 saturated carbocycles. The Morgan fingerprint density at radius 1 is 1.14 bits per heavy atom. The highest BCUT2D eigenvalue weighted by Crippen LogP contribution is 2.60. The van der Waals surface area contributed by atoms with Gasteiger partial charge in [0.1, 0.15) is 6.61 Å². The second-order valence-corrected chi connectivity index (χ2v) is 6.97. The first-order chi connectivity index (χ1) is 10.1. The molecular formula is C16H23O5. The lowest BCUT2D eigenvalue weighted by Gasteiger charge is -2.55. The van der Waals surface area contributed by atoms with Crippen molar-refractivity contribution in [1.82, 2.24) is 0 Å². The van der Waals surface area contributed by atoms with Crippen LogP contribution in [0.25, 0.3) is 0 Å². The average Bonchev–Trinajstić information content (AvgIpc) is 2.42. The van der Waals surface area contributed by atoms with Gasteiger partial charge in [-0.3, -0.25) is 4.79 Å². The molecule has 0 aliphatic heterocycles. The van der Waals surface area contributed by atoms with Crippen molar-refractivity contribution in [2.24, 2.45) is 23.2 Å². The molecule has 0 aromatic heterocycles. The molecule has 0 aromatic rings. The first-order valence-electron chi connectivity index (χ1n) is 7.93. The number of hydrogen-bond acceptors (Lipinski definition) is 5. The topological polar surface area (TPSA) is 61.8 Å². The number of carbonyl (C=O) groups excluding carboxylic acids is 2. The summed E-state index contributed by atoms with van der Waals surface area (Å²) in [5, 5.41) is 0.